The molecule has 0 bridgehead atoms. The molecular formula is C24H38N8O6S3. The zero-order chi connectivity index (χ0) is 30.8. The number of rotatable bonds is 19. The second-order valence-electron chi connectivity index (χ2n) is 8.77. The summed E-state index contributed by atoms with van der Waals surface area (Å²) in [6, 6.07) is 4.04. The quantitative estimate of drug-likeness (QED) is 0.0379. The van der Waals surface area contributed by atoms with Crippen molar-refractivity contribution in [3.63, 3.8) is 0 Å². The zero-order valence-corrected chi connectivity index (χ0v) is 25.1. The molecule has 1 rings (SSSR count). The maximum atomic E-state index is 12.9. The first-order valence-corrected chi connectivity index (χ1v) is 14.3. The van der Waals surface area contributed by atoms with Crippen LogP contribution in [-0.2, 0) is 24.0 Å². The molecule has 0 heterocycles. The Balaban J connectivity index is 2.82. The molecular weight excluding hydrogens is 593 g/mol. The molecule has 0 aliphatic carbocycles. The Morgan fingerprint density at radius 3 is 2.22 bits per heavy atom. The summed E-state index contributed by atoms with van der Waals surface area (Å²) in [4.78, 5) is 68.3. The van der Waals surface area contributed by atoms with E-state index in [9.17, 15) is 29.1 Å². The minimum atomic E-state index is -1.42. The van der Waals surface area contributed by atoms with Crippen LogP contribution in [0.3, 0.4) is 0 Å². The van der Waals surface area contributed by atoms with Gasteiger partial charge in [-0.1, -0.05) is 6.07 Å². The molecule has 0 radical (unpaired) electrons. The first kappa shape index (κ1) is 35.9. The van der Waals surface area contributed by atoms with E-state index in [0.29, 0.717) is 41.6 Å². The Morgan fingerprint density at radius 1 is 0.976 bits per heavy atom. The second kappa shape index (κ2) is 19.8. The van der Waals surface area contributed by atoms with Gasteiger partial charge in [0.25, 0.3) is 0 Å². The number of aliphatic imine (C=N–C) groups is 1. The van der Waals surface area contributed by atoms with E-state index >= 15 is 0 Å². The van der Waals surface area contributed by atoms with E-state index in [4.69, 9.17) is 11.5 Å². The zero-order valence-electron chi connectivity index (χ0n) is 22.4. The lowest BCUT2D eigenvalue weighted by Crippen LogP contribution is -2.53. The molecule has 4 amide bonds. The highest BCUT2D eigenvalue weighted by atomic mass is 32.1. The van der Waals surface area contributed by atoms with Gasteiger partial charge in [-0.2, -0.15) is 25.3 Å². The summed E-state index contributed by atoms with van der Waals surface area (Å²) in [7, 11) is 0. The van der Waals surface area contributed by atoms with E-state index in [0.717, 1.165) is 0 Å². The Morgan fingerprint density at radius 2 is 1.63 bits per heavy atom. The van der Waals surface area contributed by atoms with Crippen molar-refractivity contribution in [1.29, 1.82) is 0 Å². The standard InChI is InChI=1S/C24H38N8O6S3/c25-24(26)27-6-2-5-17(30-20(34)14-32(7-9-39)8-10-40)22(37)28-13-19(33)31-18(12-21(35)36)23(38)29-15-3-1-4-16(41)11-15/h1,3-4,11,17-18,39-41H,2,5-10,12-14H2,(H,28,37)(H,29,38)(H,30,34)(H,31,33)(H,35,36)(H4,25,26,27)/t17-,18-/m0/s1. The number of nitrogens with two attached hydrogens (primary N) is 2. The summed E-state index contributed by atoms with van der Waals surface area (Å²) in [6.07, 6.45) is -0.165. The van der Waals surface area contributed by atoms with Gasteiger partial charge in [-0.3, -0.25) is 33.9 Å². The van der Waals surface area contributed by atoms with Crippen LogP contribution in [0.4, 0.5) is 5.69 Å². The summed E-state index contributed by atoms with van der Waals surface area (Å²) < 4.78 is 0. The third-order valence-electron chi connectivity index (χ3n) is 5.36. The van der Waals surface area contributed by atoms with Crippen molar-refractivity contribution in [3.8, 4) is 0 Å². The van der Waals surface area contributed by atoms with Crippen molar-refractivity contribution in [2.45, 2.75) is 36.2 Å². The molecule has 41 heavy (non-hydrogen) atoms. The highest BCUT2D eigenvalue weighted by Gasteiger charge is 2.26. The first-order valence-electron chi connectivity index (χ1n) is 12.6. The van der Waals surface area contributed by atoms with Crippen molar-refractivity contribution in [3.05, 3.63) is 24.3 Å². The van der Waals surface area contributed by atoms with Crippen LogP contribution in [0, 0.1) is 0 Å². The van der Waals surface area contributed by atoms with Crippen molar-refractivity contribution in [2.24, 2.45) is 16.5 Å². The third kappa shape index (κ3) is 16.0. The maximum Gasteiger partial charge on any atom is 0.305 e. The molecule has 1 aromatic rings. The minimum absolute atomic E-state index is 0.0153. The minimum Gasteiger partial charge on any atom is -0.481 e. The highest BCUT2D eigenvalue weighted by molar-refractivity contribution is 7.80. The van der Waals surface area contributed by atoms with Crippen molar-refractivity contribution < 1.29 is 29.1 Å². The molecule has 9 N–H and O–H groups in total. The predicted molar refractivity (Wildman–Crippen MR) is 166 cm³/mol. The Kier molecular flexibility index (Phi) is 17.4. The normalized spacial score (nSPS) is 12.1. The van der Waals surface area contributed by atoms with Gasteiger partial charge in [-0.05, 0) is 31.0 Å². The molecule has 0 aromatic heterocycles. The number of hydrogen-bond acceptors (Lipinski definition) is 10. The van der Waals surface area contributed by atoms with E-state index in [1.165, 1.54) is 0 Å². The van der Waals surface area contributed by atoms with E-state index in [2.05, 4.69) is 64.1 Å². The lowest BCUT2D eigenvalue weighted by Gasteiger charge is -2.23. The van der Waals surface area contributed by atoms with Crippen LogP contribution < -0.4 is 32.7 Å². The van der Waals surface area contributed by atoms with Gasteiger partial charge in [0.15, 0.2) is 5.96 Å². The Hall–Kier alpha value is -3.15. The van der Waals surface area contributed by atoms with Crippen molar-refractivity contribution >= 4 is 79.1 Å². The maximum absolute atomic E-state index is 12.9. The SMILES string of the molecule is NC(N)=NCCC[C@H](NC(=O)CN(CCS)CCS)C(=O)NCC(=O)N[C@@H](CC(=O)O)C(=O)Nc1cccc(S)c1. The fourth-order valence-corrected chi connectivity index (χ4v) is 4.29. The number of guanidine groups is 1. The number of thiol groups is 3. The number of carboxylic acid groups (broad SMARTS) is 1. The van der Waals surface area contributed by atoms with E-state index in [-0.39, 0.29) is 25.5 Å². The summed E-state index contributed by atoms with van der Waals surface area (Å²) in [5.41, 5.74) is 11.0. The molecule has 0 saturated heterocycles. The number of aliphatic carboxylic acids is 1. The largest absolute Gasteiger partial charge is 0.481 e. The van der Waals surface area contributed by atoms with Crippen LogP contribution in [0.1, 0.15) is 19.3 Å². The summed E-state index contributed by atoms with van der Waals surface area (Å²) in [5, 5.41) is 19.1. The molecule has 1 aromatic carbocycles. The Labute approximate surface area is 255 Å². The second-order valence-corrected chi connectivity index (χ2v) is 10.2. The van der Waals surface area contributed by atoms with Gasteiger partial charge in [-0.15, -0.1) is 12.6 Å². The molecule has 2 atom stereocenters. The smallest absolute Gasteiger partial charge is 0.305 e. The molecule has 0 spiro atoms. The van der Waals surface area contributed by atoms with Gasteiger partial charge in [0.2, 0.25) is 23.6 Å². The molecule has 0 fully saturated rings. The van der Waals surface area contributed by atoms with Crippen LogP contribution in [0.25, 0.3) is 0 Å². The number of carboxylic acids is 1. The van der Waals surface area contributed by atoms with Crippen molar-refractivity contribution in [2.75, 3.05) is 49.5 Å². The first-order chi connectivity index (χ1) is 19.4. The number of nitrogens with zero attached hydrogens (tertiary/aromatic N) is 2. The van der Waals surface area contributed by atoms with Gasteiger partial charge < -0.3 is 37.8 Å². The summed E-state index contributed by atoms with van der Waals surface area (Å²) in [6.45, 7) is 0.755. The van der Waals surface area contributed by atoms with Gasteiger partial charge in [0.1, 0.15) is 12.1 Å². The van der Waals surface area contributed by atoms with Gasteiger partial charge in [0.05, 0.1) is 19.5 Å². The molecule has 0 unspecified atom stereocenters. The average molecular weight is 631 g/mol. The van der Waals surface area contributed by atoms with Gasteiger partial charge in [-0.25, -0.2) is 0 Å². The number of nitrogens with one attached hydrogen (secondary N) is 4. The average Bonchev–Trinajstić information content (AvgIpc) is 2.88. The van der Waals surface area contributed by atoms with E-state index in [1.54, 1.807) is 24.3 Å². The molecule has 14 nitrogen and oxygen atoms in total. The number of benzene rings is 1. The Bertz CT molecular complexity index is 1070. The number of carbonyl (C=O) groups excluding carboxylic acids is 4. The fraction of sp³-hybridized carbons (Fsp3) is 0.500. The van der Waals surface area contributed by atoms with Gasteiger partial charge >= 0.3 is 5.97 Å². The third-order valence-corrected chi connectivity index (χ3v) is 6.04. The highest BCUT2D eigenvalue weighted by Crippen LogP contribution is 2.14. The van der Waals surface area contributed by atoms with Crippen LogP contribution in [0.2, 0.25) is 0 Å². The molecule has 228 valence electrons. The lowest BCUT2D eigenvalue weighted by molar-refractivity contribution is -0.140. The molecule has 17 heteroatoms. The summed E-state index contributed by atoms with van der Waals surface area (Å²) in [5.74, 6) is -3.00. The van der Waals surface area contributed by atoms with Crippen LogP contribution >= 0.6 is 37.9 Å². The molecule has 0 saturated carbocycles. The van der Waals surface area contributed by atoms with Gasteiger partial charge in [0, 0.05) is 41.7 Å². The number of hydrogen-bond donors (Lipinski definition) is 10. The number of anilines is 1. The van der Waals surface area contributed by atoms with Crippen LogP contribution in [0.5, 0.6) is 0 Å². The lowest BCUT2D eigenvalue weighted by atomic mass is 10.1. The van der Waals surface area contributed by atoms with E-state index in [1.807, 2.05) is 4.90 Å². The van der Waals surface area contributed by atoms with E-state index < -0.39 is 54.6 Å². The predicted octanol–water partition coefficient (Wildman–Crippen LogP) is -1.31. The van der Waals surface area contributed by atoms with Crippen LogP contribution in [0.15, 0.2) is 34.2 Å². The topological polar surface area (TPSA) is 221 Å². The number of carbonyl (C=O) groups is 5. The van der Waals surface area contributed by atoms with Crippen molar-refractivity contribution in [1.82, 2.24) is 20.9 Å². The van der Waals surface area contributed by atoms with Crippen LogP contribution in [-0.4, -0.2) is 102 Å². The monoisotopic (exact) mass is 630 g/mol. The number of amides is 4. The summed E-state index contributed by atoms with van der Waals surface area (Å²) >= 11 is 12.6. The molecule has 0 aliphatic rings. The molecule has 0 aliphatic heterocycles. The fourth-order valence-electron chi connectivity index (χ4n) is 3.50.